The van der Waals surface area contributed by atoms with E-state index < -0.39 is 0 Å². The fourth-order valence-corrected chi connectivity index (χ4v) is 1.08. The van der Waals surface area contributed by atoms with E-state index in [2.05, 4.69) is 0 Å². The fourth-order valence-electron chi connectivity index (χ4n) is 1.08. The first-order valence-corrected chi connectivity index (χ1v) is 4.22. The Bertz CT molecular complexity index is 328. The predicted molar refractivity (Wildman–Crippen MR) is 53.8 cm³/mol. The zero-order chi connectivity index (χ0) is 10.0. The summed E-state index contributed by atoms with van der Waals surface area (Å²) in [5.74, 6) is 0.271. The van der Waals surface area contributed by atoms with Gasteiger partial charge in [0.25, 0.3) is 0 Å². The van der Waals surface area contributed by atoms with E-state index >= 15 is 0 Å². The third-order valence-electron chi connectivity index (χ3n) is 2.24. The Labute approximate surface area is 78.2 Å². The van der Waals surface area contributed by atoms with Crippen LogP contribution in [0.4, 0.5) is 0 Å². The number of phenolic OH excluding ortho intramolecular Hbond substituents is 2. The molecule has 2 heteroatoms. The van der Waals surface area contributed by atoms with E-state index in [-0.39, 0.29) is 11.5 Å². The van der Waals surface area contributed by atoms with Crippen molar-refractivity contribution in [2.24, 2.45) is 0 Å². The van der Waals surface area contributed by atoms with Crippen LogP contribution in [-0.4, -0.2) is 10.2 Å². The van der Waals surface area contributed by atoms with E-state index in [0.29, 0.717) is 5.56 Å². The van der Waals surface area contributed by atoms with Gasteiger partial charge in [-0.25, -0.2) is 0 Å². The first-order valence-electron chi connectivity index (χ1n) is 4.22. The van der Waals surface area contributed by atoms with Gasteiger partial charge in [0.2, 0.25) is 0 Å². The number of rotatable bonds is 1. The summed E-state index contributed by atoms with van der Waals surface area (Å²) in [7, 11) is 0. The van der Waals surface area contributed by atoms with Gasteiger partial charge >= 0.3 is 0 Å². The van der Waals surface area contributed by atoms with Crippen molar-refractivity contribution in [3.63, 3.8) is 0 Å². The third kappa shape index (κ3) is 1.83. The quantitative estimate of drug-likeness (QED) is 0.694. The van der Waals surface area contributed by atoms with Crippen molar-refractivity contribution < 1.29 is 10.2 Å². The Morgan fingerprint density at radius 1 is 1.23 bits per heavy atom. The maximum absolute atomic E-state index is 9.44. The molecule has 0 aliphatic rings. The summed E-state index contributed by atoms with van der Waals surface area (Å²) < 4.78 is 0. The number of phenols is 2. The molecule has 70 valence electrons. The van der Waals surface area contributed by atoms with E-state index in [1.165, 1.54) is 0 Å². The number of aromatic hydroxyl groups is 2. The normalized spacial score (nSPS) is 11.8. The molecule has 0 radical (unpaired) electrons. The molecule has 0 amide bonds. The lowest BCUT2D eigenvalue weighted by Gasteiger charge is -2.06. The highest BCUT2D eigenvalue weighted by molar-refractivity contribution is 5.67. The lowest BCUT2D eigenvalue weighted by molar-refractivity contribution is 0.443. The average Bonchev–Trinajstić information content (AvgIpc) is 2.12. The summed E-state index contributed by atoms with van der Waals surface area (Å²) in [5.41, 5.74) is 2.40. The van der Waals surface area contributed by atoms with E-state index in [0.717, 1.165) is 11.1 Å². The predicted octanol–water partition coefficient (Wildman–Crippen LogP) is 2.83. The highest BCUT2D eigenvalue weighted by Gasteiger charge is 2.05. The van der Waals surface area contributed by atoms with E-state index in [9.17, 15) is 10.2 Å². The highest BCUT2D eigenvalue weighted by Crippen LogP contribution is 2.30. The molecule has 1 aromatic carbocycles. The van der Waals surface area contributed by atoms with Crippen molar-refractivity contribution in [1.82, 2.24) is 0 Å². The van der Waals surface area contributed by atoms with Crippen LogP contribution < -0.4 is 0 Å². The van der Waals surface area contributed by atoms with Crippen LogP contribution in [0.3, 0.4) is 0 Å². The number of benzene rings is 1. The second kappa shape index (κ2) is 3.52. The van der Waals surface area contributed by atoms with Crippen molar-refractivity contribution in [1.29, 1.82) is 0 Å². The molecule has 1 rings (SSSR count). The summed E-state index contributed by atoms with van der Waals surface area (Å²) in [6, 6.07) is 3.31. The number of hydrogen-bond donors (Lipinski definition) is 2. The molecule has 0 saturated heterocycles. The SMILES string of the molecule is CC=C(C)c1cc(O)c(C)c(O)c1. The summed E-state index contributed by atoms with van der Waals surface area (Å²) in [4.78, 5) is 0. The van der Waals surface area contributed by atoms with Crippen molar-refractivity contribution in [2.75, 3.05) is 0 Å². The van der Waals surface area contributed by atoms with Gasteiger partial charge in [0.05, 0.1) is 0 Å². The molecule has 0 saturated carbocycles. The molecule has 0 fully saturated rings. The Morgan fingerprint density at radius 2 is 1.69 bits per heavy atom. The molecule has 0 bridgehead atoms. The third-order valence-corrected chi connectivity index (χ3v) is 2.24. The minimum absolute atomic E-state index is 0.135. The topological polar surface area (TPSA) is 40.5 Å². The van der Waals surface area contributed by atoms with Crippen molar-refractivity contribution >= 4 is 5.57 Å². The largest absolute Gasteiger partial charge is 0.508 e. The zero-order valence-electron chi connectivity index (χ0n) is 8.13. The standard InChI is InChI=1S/C11H14O2/c1-4-7(2)9-5-10(12)8(3)11(13)6-9/h4-6,12-13H,1-3H3. The maximum Gasteiger partial charge on any atom is 0.122 e. The van der Waals surface area contributed by atoms with Crippen LogP contribution in [0.2, 0.25) is 0 Å². The molecule has 0 aromatic heterocycles. The van der Waals surface area contributed by atoms with Gasteiger partial charge in [-0.2, -0.15) is 0 Å². The molecule has 0 heterocycles. The smallest absolute Gasteiger partial charge is 0.122 e. The monoisotopic (exact) mass is 178 g/mol. The van der Waals surface area contributed by atoms with E-state index in [4.69, 9.17) is 0 Å². The highest BCUT2D eigenvalue weighted by atomic mass is 16.3. The van der Waals surface area contributed by atoms with Crippen LogP contribution in [-0.2, 0) is 0 Å². The van der Waals surface area contributed by atoms with Gasteiger partial charge in [-0.3, -0.25) is 0 Å². The van der Waals surface area contributed by atoms with E-state index in [1.807, 2.05) is 19.9 Å². The zero-order valence-corrected chi connectivity index (χ0v) is 8.13. The maximum atomic E-state index is 9.44. The van der Waals surface area contributed by atoms with Gasteiger partial charge in [-0.15, -0.1) is 0 Å². The molecule has 0 atom stereocenters. The molecule has 0 spiro atoms. The van der Waals surface area contributed by atoms with Gasteiger partial charge in [-0.05, 0) is 44.0 Å². The summed E-state index contributed by atoms with van der Waals surface area (Å²) in [6.45, 7) is 5.53. The molecular formula is C11H14O2. The Hall–Kier alpha value is -1.44. The van der Waals surface area contributed by atoms with Gasteiger partial charge in [0.15, 0.2) is 0 Å². The molecule has 2 N–H and O–H groups in total. The summed E-state index contributed by atoms with van der Waals surface area (Å²) in [5, 5.41) is 18.9. The number of hydrogen-bond acceptors (Lipinski definition) is 2. The van der Waals surface area contributed by atoms with Crippen LogP contribution >= 0.6 is 0 Å². The molecular weight excluding hydrogens is 164 g/mol. The Kier molecular flexibility index (Phi) is 2.61. The van der Waals surface area contributed by atoms with Crippen LogP contribution in [0.5, 0.6) is 11.5 Å². The summed E-state index contributed by atoms with van der Waals surface area (Å²) in [6.07, 6.45) is 1.93. The van der Waals surface area contributed by atoms with Gasteiger partial charge in [0, 0.05) is 5.56 Å². The molecule has 0 unspecified atom stereocenters. The molecule has 1 aromatic rings. The fraction of sp³-hybridized carbons (Fsp3) is 0.273. The van der Waals surface area contributed by atoms with Crippen molar-refractivity contribution in [3.05, 3.63) is 29.3 Å². The minimum atomic E-state index is 0.135. The Morgan fingerprint density at radius 3 is 2.08 bits per heavy atom. The van der Waals surface area contributed by atoms with Crippen LogP contribution in [0, 0.1) is 6.92 Å². The van der Waals surface area contributed by atoms with Crippen molar-refractivity contribution in [3.8, 4) is 11.5 Å². The Balaban J connectivity index is 3.29. The first-order chi connectivity index (χ1) is 6.06. The van der Waals surface area contributed by atoms with E-state index in [1.54, 1.807) is 19.1 Å². The van der Waals surface area contributed by atoms with Crippen LogP contribution in [0.25, 0.3) is 5.57 Å². The van der Waals surface area contributed by atoms with Gasteiger partial charge in [0.1, 0.15) is 11.5 Å². The second-order valence-corrected chi connectivity index (χ2v) is 3.11. The molecule has 0 aliphatic heterocycles. The number of allylic oxidation sites excluding steroid dienone is 2. The van der Waals surface area contributed by atoms with Crippen LogP contribution in [0.1, 0.15) is 25.0 Å². The molecule has 0 aliphatic carbocycles. The lowest BCUT2D eigenvalue weighted by atomic mass is 10.0. The summed E-state index contributed by atoms with van der Waals surface area (Å²) >= 11 is 0. The molecule has 2 nitrogen and oxygen atoms in total. The van der Waals surface area contributed by atoms with Gasteiger partial charge in [-0.1, -0.05) is 6.08 Å². The lowest BCUT2D eigenvalue weighted by Crippen LogP contribution is -1.83. The second-order valence-electron chi connectivity index (χ2n) is 3.11. The molecule has 13 heavy (non-hydrogen) atoms. The average molecular weight is 178 g/mol. The van der Waals surface area contributed by atoms with Crippen molar-refractivity contribution in [2.45, 2.75) is 20.8 Å². The minimum Gasteiger partial charge on any atom is -0.508 e. The first kappa shape index (κ1) is 9.65. The van der Waals surface area contributed by atoms with Gasteiger partial charge < -0.3 is 10.2 Å². The van der Waals surface area contributed by atoms with Crippen LogP contribution in [0.15, 0.2) is 18.2 Å².